The van der Waals surface area contributed by atoms with Crippen LogP contribution < -0.4 is 5.32 Å². The van der Waals surface area contributed by atoms with Crippen molar-refractivity contribution in [3.63, 3.8) is 0 Å². The lowest BCUT2D eigenvalue weighted by atomic mass is 10.1. The van der Waals surface area contributed by atoms with Crippen molar-refractivity contribution in [2.75, 3.05) is 5.32 Å². The maximum atomic E-state index is 12.0. The lowest BCUT2D eigenvalue weighted by molar-refractivity contribution is 0.102. The Balaban J connectivity index is 1.90. The molecule has 1 amide bonds. The summed E-state index contributed by atoms with van der Waals surface area (Å²) >= 11 is 1.56. The minimum atomic E-state index is -0.0773. The highest BCUT2D eigenvalue weighted by atomic mass is 32.1. The van der Waals surface area contributed by atoms with Crippen LogP contribution in [0.3, 0.4) is 0 Å². The van der Waals surface area contributed by atoms with E-state index in [1.54, 1.807) is 11.3 Å². The lowest BCUT2D eigenvalue weighted by Crippen LogP contribution is -2.10. The first-order chi connectivity index (χ1) is 8.33. The molecule has 0 saturated carbocycles. The Bertz CT molecular complexity index is 655. The number of aromatic amines is 1. The van der Waals surface area contributed by atoms with Crippen molar-refractivity contribution in [3.8, 4) is 0 Å². The minimum Gasteiger partial charge on any atom is -0.361 e. The van der Waals surface area contributed by atoms with E-state index < -0.39 is 0 Å². The zero-order valence-electron chi connectivity index (χ0n) is 8.94. The second-order valence-corrected chi connectivity index (χ2v) is 4.53. The van der Waals surface area contributed by atoms with E-state index >= 15 is 0 Å². The summed E-state index contributed by atoms with van der Waals surface area (Å²) in [6.07, 6.45) is 1.87. The van der Waals surface area contributed by atoms with Crippen LogP contribution in [0.15, 0.2) is 47.3 Å². The van der Waals surface area contributed by atoms with E-state index in [0.29, 0.717) is 5.56 Å². The van der Waals surface area contributed by atoms with Crippen molar-refractivity contribution in [2.24, 2.45) is 0 Å². The Morgan fingerprint density at radius 2 is 2.18 bits per heavy atom. The number of fused-ring (bicyclic) bond motifs is 1. The molecule has 2 heterocycles. The van der Waals surface area contributed by atoms with Gasteiger partial charge in [0, 0.05) is 28.0 Å². The maximum Gasteiger partial charge on any atom is 0.255 e. The summed E-state index contributed by atoms with van der Waals surface area (Å²) in [5.41, 5.74) is 2.55. The van der Waals surface area contributed by atoms with Gasteiger partial charge < -0.3 is 10.3 Å². The Morgan fingerprint density at radius 1 is 1.24 bits per heavy atom. The molecule has 0 radical (unpaired) electrons. The van der Waals surface area contributed by atoms with Crippen molar-refractivity contribution >= 4 is 33.8 Å². The van der Waals surface area contributed by atoms with E-state index in [9.17, 15) is 4.79 Å². The highest BCUT2D eigenvalue weighted by molar-refractivity contribution is 7.08. The van der Waals surface area contributed by atoms with Gasteiger partial charge in [-0.3, -0.25) is 4.79 Å². The Kier molecular flexibility index (Phi) is 2.42. The molecule has 2 N–H and O–H groups in total. The quantitative estimate of drug-likeness (QED) is 0.710. The maximum absolute atomic E-state index is 12.0. The molecule has 0 aliphatic carbocycles. The number of hydrogen-bond donors (Lipinski definition) is 2. The largest absolute Gasteiger partial charge is 0.361 e. The fraction of sp³-hybridized carbons (Fsp3) is 0. The van der Waals surface area contributed by atoms with Crippen LogP contribution in [0.2, 0.25) is 0 Å². The Hall–Kier alpha value is -2.07. The molecule has 1 aromatic carbocycles. The number of H-pyrrole nitrogens is 1. The highest BCUT2D eigenvalue weighted by Crippen LogP contribution is 2.17. The predicted octanol–water partition coefficient (Wildman–Crippen LogP) is 3.48. The van der Waals surface area contributed by atoms with E-state index in [0.717, 1.165) is 16.6 Å². The van der Waals surface area contributed by atoms with Crippen LogP contribution in [0.1, 0.15) is 10.4 Å². The van der Waals surface area contributed by atoms with Crippen molar-refractivity contribution in [2.45, 2.75) is 0 Å². The SMILES string of the molecule is O=C(Nc1ccsc1)c1ccc2[nH]ccc2c1. The molecule has 3 aromatic rings. The number of hydrogen-bond acceptors (Lipinski definition) is 2. The number of rotatable bonds is 2. The van der Waals surface area contributed by atoms with E-state index in [2.05, 4.69) is 10.3 Å². The molecule has 4 heteroatoms. The molecular formula is C13H10N2OS. The van der Waals surface area contributed by atoms with Crippen LogP contribution >= 0.6 is 11.3 Å². The van der Waals surface area contributed by atoms with Gasteiger partial charge in [-0.05, 0) is 35.7 Å². The monoisotopic (exact) mass is 242 g/mol. The van der Waals surface area contributed by atoms with E-state index in [-0.39, 0.29) is 5.91 Å². The topological polar surface area (TPSA) is 44.9 Å². The molecule has 0 aliphatic rings. The summed E-state index contributed by atoms with van der Waals surface area (Å²) < 4.78 is 0. The van der Waals surface area contributed by atoms with E-state index in [1.807, 2.05) is 47.3 Å². The van der Waals surface area contributed by atoms with Gasteiger partial charge in [-0.15, -0.1) is 0 Å². The van der Waals surface area contributed by atoms with Crippen LogP contribution in [0.4, 0.5) is 5.69 Å². The van der Waals surface area contributed by atoms with Gasteiger partial charge in [0.15, 0.2) is 0 Å². The Labute approximate surface area is 102 Å². The number of amides is 1. The lowest BCUT2D eigenvalue weighted by Gasteiger charge is -2.02. The third kappa shape index (κ3) is 1.94. The first-order valence-corrected chi connectivity index (χ1v) is 6.18. The highest BCUT2D eigenvalue weighted by Gasteiger charge is 2.07. The Morgan fingerprint density at radius 3 is 3.00 bits per heavy atom. The minimum absolute atomic E-state index is 0.0773. The molecule has 0 unspecified atom stereocenters. The summed E-state index contributed by atoms with van der Waals surface area (Å²) in [7, 11) is 0. The van der Waals surface area contributed by atoms with Crippen LogP contribution in [0, 0.1) is 0 Å². The summed E-state index contributed by atoms with van der Waals surface area (Å²) in [5.74, 6) is -0.0773. The molecule has 2 aromatic heterocycles. The average Bonchev–Trinajstić information content (AvgIpc) is 2.97. The molecule has 0 bridgehead atoms. The number of benzene rings is 1. The van der Waals surface area contributed by atoms with Crippen LogP contribution in [0.25, 0.3) is 10.9 Å². The molecule has 0 saturated heterocycles. The third-order valence-electron chi connectivity index (χ3n) is 2.59. The number of carbonyl (C=O) groups is 1. The van der Waals surface area contributed by atoms with Gasteiger partial charge in [-0.1, -0.05) is 0 Å². The number of aromatic nitrogens is 1. The smallest absolute Gasteiger partial charge is 0.255 e. The predicted molar refractivity (Wildman–Crippen MR) is 70.6 cm³/mol. The summed E-state index contributed by atoms with van der Waals surface area (Å²) in [5, 5.41) is 7.75. The number of anilines is 1. The second-order valence-electron chi connectivity index (χ2n) is 3.75. The summed E-state index contributed by atoms with van der Waals surface area (Å²) in [4.78, 5) is 15.1. The molecule has 3 rings (SSSR count). The zero-order chi connectivity index (χ0) is 11.7. The van der Waals surface area contributed by atoms with Crippen LogP contribution in [0.5, 0.6) is 0 Å². The van der Waals surface area contributed by atoms with Gasteiger partial charge in [0.25, 0.3) is 5.91 Å². The van der Waals surface area contributed by atoms with E-state index in [1.165, 1.54) is 0 Å². The molecule has 3 nitrogen and oxygen atoms in total. The third-order valence-corrected chi connectivity index (χ3v) is 3.28. The van der Waals surface area contributed by atoms with Gasteiger partial charge >= 0.3 is 0 Å². The van der Waals surface area contributed by atoms with Gasteiger partial charge in [0.2, 0.25) is 0 Å². The van der Waals surface area contributed by atoms with Gasteiger partial charge in [0.1, 0.15) is 0 Å². The van der Waals surface area contributed by atoms with Crippen LogP contribution in [-0.4, -0.2) is 10.9 Å². The number of thiophene rings is 1. The summed E-state index contributed by atoms with van der Waals surface area (Å²) in [6, 6.07) is 9.46. The van der Waals surface area contributed by atoms with Crippen LogP contribution in [-0.2, 0) is 0 Å². The molecule has 0 aliphatic heterocycles. The molecule has 0 fully saturated rings. The van der Waals surface area contributed by atoms with Crippen molar-refractivity contribution < 1.29 is 4.79 Å². The molecule has 17 heavy (non-hydrogen) atoms. The standard InChI is InChI=1S/C13H10N2OS/c16-13(15-11-4-6-17-8-11)10-1-2-12-9(7-10)3-5-14-12/h1-8,14H,(H,15,16). The first kappa shape index (κ1) is 10.1. The second kappa shape index (κ2) is 4.07. The van der Waals surface area contributed by atoms with E-state index in [4.69, 9.17) is 0 Å². The molecule has 84 valence electrons. The van der Waals surface area contributed by atoms with Gasteiger partial charge in [-0.2, -0.15) is 11.3 Å². The number of nitrogens with one attached hydrogen (secondary N) is 2. The van der Waals surface area contributed by atoms with Gasteiger partial charge in [0.05, 0.1) is 5.69 Å². The first-order valence-electron chi connectivity index (χ1n) is 5.23. The van der Waals surface area contributed by atoms with Crippen molar-refractivity contribution in [3.05, 3.63) is 52.9 Å². The molecular weight excluding hydrogens is 232 g/mol. The zero-order valence-corrected chi connectivity index (χ0v) is 9.75. The fourth-order valence-electron chi connectivity index (χ4n) is 1.73. The molecule has 0 spiro atoms. The molecule has 0 atom stereocenters. The fourth-order valence-corrected chi connectivity index (χ4v) is 2.32. The number of carbonyl (C=O) groups excluding carboxylic acids is 1. The van der Waals surface area contributed by atoms with Crippen molar-refractivity contribution in [1.29, 1.82) is 0 Å². The average molecular weight is 242 g/mol. The van der Waals surface area contributed by atoms with Crippen molar-refractivity contribution in [1.82, 2.24) is 4.98 Å². The normalized spacial score (nSPS) is 10.6. The summed E-state index contributed by atoms with van der Waals surface area (Å²) in [6.45, 7) is 0. The van der Waals surface area contributed by atoms with Gasteiger partial charge in [-0.25, -0.2) is 0 Å².